The average molecular weight is 310 g/mol. The van der Waals surface area contributed by atoms with Crippen molar-refractivity contribution in [3.05, 3.63) is 50.6 Å². The first kappa shape index (κ1) is 12.3. The maximum atomic E-state index is 11.0. The molecule has 0 aliphatic carbocycles. The van der Waals surface area contributed by atoms with E-state index in [0.29, 0.717) is 5.56 Å². The Morgan fingerprint density at radius 3 is 2.88 bits per heavy atom. The SMILES string of the molecule is CN(Cc1cccs1)c1cc(Br)ccc1C=O. The second kappa shape index (κ2) is 5.47. The van der Waals surface area contributed by atoms with Gasteiger partial charge in [0.2, 0.25) is 0 Å². The standard InChI is InChI=1S/C13H12BrNOS/c1-15(8-12-3-2-6-17-12)13-7-11(14)5-4-10(13)9-16/h2-7,9H,8H2,1H3. The van der Waals surface area contributed by atoms with Crippen molar-refractivity contribution >= 4 is 39.2 Å². The lowest BCUT2D eigenvalue weighted by Crippen LogP contribution is -2.17. The average Bonchev–Trinajstić information content (AvgIpc) is 2.81. The van der Waals surface area contributed by atoms with Crippen molar-refractivity contribution in [2.75, 3.05) is 11.9 Å². The Bertz CT molecular complexity index is 510. The van der Waals surface area contributed by atoms with Crippen LogP contribution in [0, 0.1) is 0 Å². The summed E-state index contributed by atoms with van der Waals surface area (Å²) in [6.45, 7) is 0.814. The predicted octanol–water partition coefficient (Wildman–Crippen LogP) is 3.96. The van der Waals surface area contributed by atoms with Gasteiger partial charge in [-0.15, -0.1) is 11.3 Å². The summed E-state index contributed by atoms with van der Waals surface area (Å²) in [4.78, 5) is 14.4. The minimum Gasteiger partial charge on any atom is -0.369 e. The molecule has 0 saturated carbocycles. The third-order valence-electron chi connectivity index (χ3n) is 2.50. The molecule has 0 unspecified atom stereocenters. The van der Waals surface area contributed by atoms with Crippen LogP contribution in [0.4, 0.5) is 5.69 Å². The highest BCUT2D eigenvalue weighted by atomic mass is 79.9. The molecule has 2 nitrogen and oxygen atoms in total. The number of carbonyl (C=O) groups is 1. The van der Waals surface area contributed by atoms with Gasteiger partial charge in [0.25, 0.3) is 0 Å². The summed E-state index contributed by atoms with van der Waals surface area (Å²) in [5.74, 6) is 0. The van der Waals surface area contributed by atoms with Crippen LogP contribution in [0.25, 0.3) is 0 Å². The molecule has 0 fully saturated rings. The summed E-state index contributed by atoms with van der Waals surface area (Å²) >= 11 is 5.15. The largest absolute Gasteiger partial charge is 0.369 e. The predicted molar refractivity (Wildman–Crippen MR) is 76.0 cm³/mol. The molecule has 17 heavy (non-hydrogen) atoms. The fourth-order valence-electron chi connectivity index (χ4n) is 1.67. The van der Waals surface area contributed by atoms with Crippen LogP contribution in [0.3, 0.4) is 0 Å². The Balaban J connectivity index is 2.26. The van der Waals surface area contributed by atoms with Gasteiger partial charge < -0.3 is 4.90 Å². The van der Waals surface area contributed by atoms with Gasteiger partial charge in [-0.05, 0) is 29.6 Å². The molecule has 1 aromatic heterocycles. The van der Waals surface area contributed by atoms with E-state index in [0.717, 1.165) is 23.0 Å². The van der Waals surface area contributed by atoms with Gasteiger partial charge in [0.1, 0.15) is 0 Å². The number of thiophene rings is 1. The van der Waals surface area contributed by atoms with Crippen LogP contribution in [0.2, 0.25) is 0 Å². The first-order chi connectivity index (χ1) is 8.20. The van der Waals surface area contributed by atoms with Crippen LogP contribution >= 0.6 is 27.3 Å². The van der Waals surface area contributed by atoms with Crippen LogP contribution in [0.5, 0.6) is 0 Å². The van der Waals surface area contributed by atoms with Gasteiger partial charge in [0, 0.05) is 27.6 Å². The molecule has 0 atom stereocenters. The lowest BCUT2D eigenvalue weighted by molar-refractivity contribution is 0.112. The Hall–Kier alpha value is -1.13. The van der Waals surface area contributed by atoms with Crippen molar-refractivity contribution in [1.29, 1.82) is 0 Å². The van der Waals surface area contributed by atoms with Crippen molar-refractivity contribution < 1.29 is 4.79 Å². The molecule has 1 aromatic carbocycles. The maximum Gasteiger partial charge on any atom is 0.152 e. The second-order valence-corrected chi connectivity index (χ2v) is 5.70. The van der Waals surface area contributed by atoms with E-state index in [1.54, 1.807) is 11.3 Å². The molecule has 4 heteroatoms. The molecule has 0 N–H and O–H groups in total. The van der Waals surface area contributed by atoms with E-state index in [1.807, 2.05) is 31.3 Å². The fraction of sp³-hybridized carbons (Fsp3) is 0.154. The van der Waals surface area contributed by atoms with E-state index in [4.69, 9.17) is 0 Å². The van der Waals surface area contributed by atoms with Crippen molar-refractivity contribution in [2.24, 2.45) is 0 Å². The molecule has 0 spiro atoms. The van der Waals surface area contributed by atoms with Crippen LogP contribution in [0.1, 0.15) is 15.2 Å². The van der Waals surface area contributed by atoms with Gasteiger partial charge in [-0.3, -0.25) is 4.79 Å². The zero-order valence-corrected chi connectivity index (χ0v) is 11.8. The van der Waals surface area contributed by atoms with Gasteiger partial charge in [-0.25, -0.2) is 0 Å². The number of hydrogen-bond acceptors (Lipinski definition) is 3. The maximum absolute atomic E-state index is 11.0. The van der Waals surface area contributed by atoms with Gasteiger partial charge in [-0.2, -0.15) is 0 Å². The summed E-state index contributed by atoms with van der Waals surface area (Å²) < 4.78 is 0.983. The molecule has 1 heterocycles. The van der Waals surface area contributed by atoms with E-state index in [9.17, 15) is 4.79 Å². The van der Waals surface area contributed by atoms with Gasteiger partial charge in [0.05, 0.1) is 6.54 Å². The topological polar surface area (TPSA) is 20.3 Å². The van der Waals surface area contributed by atoms with Crippen LogP contribution in [-0.2, 0) is 6.54 Å². The molecule has 88 valence electrons. The number of carbonyl (C=O) groups excluding carboxylic acids is 1. The third-order valence-corrected chi connectivity index (χ3v) is 3.86. The molecule has 0 radical (unpaired) electrons. The first-order valence-electron chi connectivity index (χ1n) is 5.19. The molecule has 2 rings (SSSR count). The molecule has 0 bridgehead atoms. The van der Waals surface area contributed by atoms with Gasteiger partial charge in [0.15, 0.2) is 6.29 Å². The number of aldehydes is 1. The van der Waals surface area contributed by atoms with Crippen LogP contribution in [0.15, 0.2) is 40.2 Å². The fourth-order valence-corrected chi connectivity index (χ4v) is 2.77. The van der Waals surface area contributed by atoms with E-state index >= 15 is 0 Å². The molecule has 0 aliphatic heterocycles. The normalized spacial score (nSPS) is 10.2. The number of anilines is 1. The molecular formula is C13H12BrNOS. The van der Waals surface area contributed by atoms with Gasteiger partial charge >= 0.3 is 0 Å². The molecule has 2 aromatic rings. The number of hydrogen-bond donors (Lipinski definition) is 0. The second-order valence-electron chi connectivity index (χ2n) is 3.76. The Morgan fingerprint density at radius 2 is 2.24 bits per heavy atom. The minimum absolute atomic E-state index is 0.715. The van der Waals surface area contributed by atoms with Crippen molar-refractivity contribution in [3.63, 3.8) is 0 Å². The minimum atomic E-state index is 0.715. The highest BCUT2D eigenvalue weighted by molar-refractivity contribution is 9.10. The zero-order valence-electron chi connectivity index (χ0n) is 9.39. The monoisotopic (exact) mass is 309 g/mol. The lowest BCUT2D eigenvalue weighted by Gasteiger charge is -2.20. The van der Waals surface area contributed by atoms with Crippen molar-refractivity contribution in [2.45, 2.75) is 6.54 Å². The summed E-state index contributed by atoms with van der Waals surface area (Å²) in [5, 5.41) is 2.06. The van der Waals surface area contributed by atoms with Crippen LogP contribution < -0.4 is 4.90 Å². The smallest absolute Gasteiger partial charge is 0.152 e. The summed E-state index contributed by atoms with van der Waals surface area (Å²) in [6, 6.07) is 9.82. The molecule has 0 aliphatic rings. The number of halogens is 1. The Morgan fingerprint density at radius 1 is 1.41 bits per heavy atom. The zero-order chi connectivity index (χ0) is 12.3. The first-order valence-corrected chi connectivity index (χ1v) is 6.86. The van der Waals surface area contributed by atoms with E-state index in [2.05, 4.69) is 32.3 Å². The van der Waals surface area contributed by atoms with Crippen molar-refractivity contribution in [3.8, 4) is 0 Å². The Kier molecular flexibility index (Phi) is 3.97. The van der Waals surface area contributed by atoms with E-state index in [1.165, 1.54) is 4.88 Å². The quantitative estimate of drug-likeness (QED) is 0.797. The van der Waals surface area contributed by atoms with Crippen molar-refractivity contribution in [1.82, 2.24) is 0 Å². The summed E-state index contributed by atoms with van der Waals surface area (Å²) in [7, 11) is 1.99. The molecule has 0 amide bonds. The highest BCUT2D eigenvalue weighted by Gasteiger charge is 2.08. The highest BCUT2D eigenvalue weighted by Crippen LogP contribution is 2.25. The summed E-state index contributed by atoms with van der Waals surface area (Å²) in [5.41, 5.74) is 1.66. The molecular weight excluding hydrogens is 298 g/mol. The summed E-state index contributed by atoms with van der Waals surface area (Å²) in [6.07, 6.45) is 0.896. The van der Waals surface area contributed by atoms with Crippen LogP contribution in [-0.4, -0.2) is 13.3 Å². The molecule has 0 saturated heterocycles. The van der Waals surface area contributed by atoms with E-state index < -0.39 is 0 Å². The number of nitrogens with zero attached hydrogens (tertiary/aromatic N) is 1. The lowest BCUT2D eigenvalue weighted by atomic mass is 10.2. The Labute approximate surface area is 113 Å². The van der Waals surface area contributed by atoms with Gasteiger partial charge in [-0.1, -0.05) is 22.0 Å². The van der Waals surface area contributed by atoms with E-state index in [-0.39, 0.29) is 0 Å². The third kappa shape index (κ3) is 2.96. The number of benzene rings is 1. The number of rotatable bonds is 4.